The SMILES string of the molecule is C=C(CCl)C[C@]1(C(=O)OC)C[C@H](F)[C@@H](C)N1C(=O)OC(C)(C)C. The van der Waals surface area contributed by atoms with Crippen molar-refractivity contribution in [3.8, 4) is 0 Å². The van der Waals surface area contributed by atoms with Gasteiger partial charge in [0.15, 0.2) is 5.54 Å². The van der Waals surface area contributed by atoms with Gasteiger partial charge in [0.05, 0.1) is 13.2 Å². The monoisotopic (exact) mass is 349 g/mol. The van der Waals surface area contributed by atoms with Gasteiger partial charge in [0.2, 0.25) is 0 Å². The molecule has 5 nitrogen and oxygen atoms in total. The summed E-state index contributed by atoms with van der Waals surface area (Å²) in [6.07, 6.45) is -2.26. The predicted molar refractivity (Wildman–Crippen MR) is 86.3 cm³/mol. The van der Waals surface area contributed by atoms with Crippen molar-refractivity contribution in [1.29, 1.82) is 0 Å². The van der Waals surface area contributed by atoms with E-state index in [1.807, 2.05) is 0 Å². The van der Waals surface area contributed by atoms with Gasteiger partial charge in [-0.25, -0.2) is 14.0 Å². The van der Waals surface area contributed by atoms with Gasteiger partial charge in [0.1, 0.15) is 11.8 Å². The van der Waals surface area contributed by atoms with E-state index in [-0.39, 0.29) is 18.7 Å². The Hall–Kier alpha value is -1.30. The molecule has 0 aromatic rings. The summed E-state index contributed by atoms with van der Waals surface area (Å²) in [6.45, 7) is 10.4. The summed E-state index contributed by atoms with van der Waals surface area (Å²) in [5.41, 5.74) is -1.73. The molecule has 1 rings (SSSR count). The minimum Gasteiger partial charge on any atom is -0.467 e. The molecule has 1 heterocycles. The first kappa shape index (κ1) is 19.7. The molecular weight excluding hydrogens is 325 g/mol. The third-order valence-corrected chi connectivity index (χ3v) is 4.19. The summed E-state index contributed by atoms with van der Waals surface area (Å²) in [7, 11) is 1.21. The highest BCUT2D eigenvalue weighted by atomic mass is 35.5. The van der Waals surface area contributed by atoms with Crippen LogP contribution < -0.4 is 0 Å². The van der Waals surface area contributed by atoms with Gasteiger partial charge in [-0.05, 0) is 27.7 Å². The van der Waals surface area contributed by atoms with E-state index in [0.717, 1.165) is 4.90 Å². The Morgan fingerprint density at radius 2 is 2.00 bits per heavy atom. The standard InChI is InChI=1S/C16H25ClFNO4/c1-10(9-17)7-16(13(20)22-6)8-12(18)11(2)19(16)14(21)23-15(3,4)5/h11-12H,1,7-9H2,2-6H3/t11-,12+,16-/m1/s1. The lowest BCUT2D eigenvalue weighted by Crippen LogP contribution is -2.57. The highest BCUT2D eigenvalue weighted by molar-refractivity contribution is 6.19. The van der Waals surface area contributed by atoms with Crippen LogP contribution in [0.4, 0.5) is 9.18 Å². The average molecular weight is 350 g/mol. The van der Waals surface area contributed by atoms with Crippen molar-refractivity contribution in [2.75, 3.05) is 13.0 Å². The number of amides is 1. The van der Waals surface area contributed by atoms with Crippen LogP contribution in [0.3, 0.4) is 0 Å². The zero-order valence-electron chi connectivity index (χ0n) is 14.3. The van der Waals surface area contributed by atoms with Crippen molar-refractivity contribution in [3.63, 3.8) is 0 Å². The van der Waals surface area contributed by atoms with Gasteiger partial charge >= 0.3 is 12.1 Å². The normalized spacial score (nSPS) is 27.7. The summed E-state index contributed by atoms with van der Waals surface area (Å²) in [6, 6.07) is -0.813. The zero-order valence-corrected chi connectivity index (χ0v) is 15.1. The van der Waals surface area contributed by atoms with Crippen LogP contribution in [0, 0.1) is 0 Å². The highest BCUT2D eigenvalue weighted by Crippen LogP contribution is 2.42. The Bertz CT molecular complexity index is 491. The minimum absolute atomic E-state index is 0.0349. The molecule has 1 amide bonds. The lowest BCUT2D eigenvalue weighted by atomic mass is 9.88. The van der Waals surface area contributed by atoms with Crippen LogP contribution in [0.25, 0.3) is 0 Å². The van der Waals surface area contributed by atoms with E-state index in [2.05, 4.69) is 6.58 Å². The molecule has 0 aromatic heterocycles. The van der Waals surface area contributed by atoms with Crippen molar-refractivity contribution in [3.05, 3.63) is 12.2 Å². The summed E-state index contributed by atoms with van der Waals surface area (Å²) < 4.78 is 24.6. The lowest BCUT2D eigenvalue weighted by Gasteiger charge is -2.38. The Morgan fingerprint density at radius 3 is 2.43 bits per heavy atom. The maximum absolute atomic E-state index is 14.4. The molecule has 1 fully saturated rings. The molecule has 1 aliphatic heterocycles. The van der Waals surface area contributed by atoms with Crippen LogP contribution in [0.1, 0.15) is 40.5 Å². The maximum atomic E-state index is 14.4. The van der Waals surface area contributed by atoms with Crippen LogP contribution >= 0.6 is 11.6 Å². The summed E-state index contributed by atoms with van der Waals surface area (Å²) in [5, 5.41) is 0. The van der Waals surface area contributed by atoms with Crippen molar-refractivity contribution in [1.82, 2.24) is 4.90 Å². The lowest BCUT2D eigenvalue weighted by molar-refractivity contribution is -0.154. The van der Waals surface area contributed by atoms with Crippen molar-refractivity contribution < 1.29 is 23.5 Å². The number of hydrogen-bond donors (Lipinski definition) is 0. The molecule has 0 aliphatic carbocycles. The van der Waals surface area contributed by atoms with E-state index in [1.165, 1.54) is 7.11 Å². The van der Waals surface area contributed by atoms with Crippen molar-refractivity contribution in [2.24, 2.45) is 0 Å². The van der Waals surface area contributed by atoms with Crippen LogP contribution in [-0.4, -0.2) is 53.3 Å². The van der Waals surface area contributed by atoms with Crippen molar-refractivity contribution in [2.45, 2.75) is 63.9 Å². The minimum atomic E-state index is -1.48. The molecule has 0 spiro atoms. The Morgan fingerprint density at radius 1 is 1.43 bits per heavy atom. The number of hydrogen-bond acceptors (Lipinski definition) is 4. The van der Waals surface area contributed by atoms with E-state index in [1.54, 1.807) is 27.7 Å². The van der Waals surface area contributed by atoms with E-state index in [0.29, 0.717) is 5.57 Å². The molecule has 23 heavy (non-hydrogen) atoms. The number of carbonyl (C=O) groups is 2. The van der Waals surface area contributed by atoms with Gasteiger partial charge in [0, 0.05) is 18.7 Å². The van der Waals surface area contributed by atoms with Gasteiger partial charge in [-0.2, -0.15) is 0 Å². The maximum Gasteiger partial charge on any atom is 0.411 e. The summed E-state index contributed by atoms with van der Waals surface area (Å²) >= 11 is 5.77. The predicted octanol–water partition coefficient (Wildman–Crippen LogP) is 3.45. The second kappa shape index (κ2) is 7.07. The van der Waals surface area contributed by atoms with Crippen LogP contribution in [-0.2, 0) is 14.3 Å². The van der Waals surface area contributed by atoms with Gasteiger partial charge in [0.25, 0.3) is 0 Å². The molecule has 0 aromatic carbocycles. The van der Waals surface area contributed by atoms with Gasteiger partial charge in [-0.1, -0.05) is 12.2 Å². The largest absolute Gasteiger partial charge is 0.467 e. The molecule has 0 N–H and O–H groups in total. The number of methoxy groups -OCH3 is 1. The molecule has 1 aliphatic rings. The molecule has 0 saturated carbocycles. The van der Waals surface area contributed by atoms with E-state index in [9.17, 15) is 14.0 Å². The fourth-order valence-corrected chi connectivity index (χ4v) is 2.95. The number of likely N-dealkylation sites (tertiary alicyclic amines) is 1. The summed E-state index contributed by atoms with van der Waals surface area (Å²) in [5.74, 6) is -0.590. The first-order valence-corrected chi connectivity index (χ1v) is 7.99. The topological polar surface area (TPSA) is 55.8 Å². The van der Waals surface area contributed by atoms with Gasteiger partial charge < -0.3 is 9.47 Å². The number of carbonyl (C=O) groups excluding carboxylic acids is 2. The number of rotatable bonds is 4. The number of halogens is 2. The molecule has 0 unspecified atom stereocenters. The fraction of sp³-hybridized carbons (Fsp3) is 0.750. The molecule has 7 heteroatoms. The summed E-state index contributed by atoms with van der Waals surface area (Å²) in [4.78, 5) is 26.2. The second-order valence-corrected chi connectivity index (χ2v) is 7.16. The van der Waals surface area contributed by atoms with Gasteiger partial charge in [-0.15, -0.1) is 11.6 Å². The van der Waals surface area contributed by atoms with Crippen LogP contribution in [0.15, 0.2) is 12.2 Å². The first-order chi connectivity index (χ1) is 10.5. The van der Waals surface area contributed by atoms with Gasteiger partial charge in [-0.3, -0.25) is 4.90 Å². The Balaban J connectivity index is 3.30. The van der Waals surface area contributed by atoms with E-state index >= 15 is 0 Å². The zero-order chi connectivity index (χ0) is 18.0. The van der Waals surface area contributed by atoms with Crippen molar-refractivity contribution >= 4 is 23.7 Å². The average Bonchev–Trinajstić information content (AvgIpc) is 2.68. The molecule has 0 bridgehead atoms. The smallest absolute Gasteiger partial charge is 0.411 e. The molecule has 132 valence electrons. The fourth-order valence-electron chi connectivity index (χ4n) is 2.86. The molecule has 1 saturated heterocycles. The van der Waals surface area contributed by atoms with Crippen LogP contribution in [0.2, 0.25) is 0 Å². The van der Waals surface area contributed by atoms with Crippen LogP contribution in [0.5, 0.6) is 0 Å². The number of nitrogens with zero attached hydrogens (tertiary/aromatic N) is 1. The molecular formula is C16H25ClFNO4. The van der Waals surface area contributed by atoms with E-state index < -0.39 is 35.4 Å². The quantitative estimate of drug-likeness (QED) is 0.443. The first-order valence-electron chi connectivity index (χ1n) is 7.46. The second-order valence-electron chi connectivity index (χ2n) is 6.89. The Labute approximate surface area is 141 Å². The molecule has 0 radical (unpaired) electrons. The number of ether oxygens (including phenoxy) is 2. The Kier molecular flexibility index (Phi) is 6.07. The van der Waals surface area contributed by atoms with E-state index in [4.69, 9.17) is 21.1 Å². The molecule has 3 atom stereocenters. The number of esters is 1. The highest BCUT2D eigenvalue weighted by Gasteiger charge is 2.59. The third-order valence-electron chi connectivity index (χ3n) is 3.81. The number of alkyl halides is 2. The third kappa shape index (κ3) is 4.16.